The predicted octanol–water partition coefficient (Wildman–Crippen LogP) is 8.74. The fraction of sp³-hybridized carbons (Fsp3) is 0.296. The van der Waals surface area contributed by atoms with Crippen LogP contribution in [-0.2, 0) is 66.1 Å². The van der Waals surface area contributed by atoms with E-state index in [2.05, 4.69) is 75.3 Å². The molecule has 0 saturated carbocycles. The Kier molecular flexibility index (Phi) is 14.4. The number of rotatable bonds is 12. The van der Waals surface area contributed by atoms with Crippen LogP contribution in [0.5, 0.6) is 23.0 Å². The number of carbonyl (C=O) groups excluding carboxylic acids is 2. The Morgan fingerprint density at radius 1 is 0.441 bits per heavy atom. The maximum Gasteiger partial charge on any atom is 0.271 e. The summed E-state index contributed by atoms with van der Waals surface area (Å²) >= 11 is 0. The normalized spacial score (nSPS) is 12.9. The number of nitrogens with one attached hydrogen (secondary N) is 2. The third-order valence-corrected chi connectivity index (χ3v) is 14.6. The number of amides is 2. The SMILES string of the molecule is COc1c2cc(C(C)(C)C)cc1Cc1cccc(c1OCC(=O)NS(=O)(=O)c1ccccc1)Cc1cc(C(C)(C)C)cc(c1OC)Cc1cccc(c1OCC(=O)NS(=O)(=O)c1ccccc1)C2. The van der Waals surface area contributed by atoms with Gasteiger partial charge in [-0.3, -0.25) is 9.59 Å². The number of hydrogen-bond acceptors (Lipinski definition) is 10. The fourth-order valence-electron chi connectivity index (χ4n) is 8.40. The van der Waals surface area contributed by atoms with Gasteiger partial charge in [-0.15, -0.1) is 0 Å². The van der Waals surface area contributed by atoms with Gasteiger partial charge < -0.3 is 18.9 Å². The molecule has 6 aromatic rings. The summed E-state index contributed by atoms with van der Waals surface area (Å²) in [5, 5.41) is 0. The molecular formula is C54H58N2O10S2. The lowest BCUT2D eigenvalue weighted by atomic mass is 9.81. The first-order valence-corrected chi connectivity index (χ1v) is 25.2. The van der Waals surface area contributed by atoms with Crippen LogP contribution in [0.1, 0.15) is 97.2 Å². The molecule has 0 fully saturated rings. The first-order valence-electron chi connectivity index (χ1n) is 22.3. The van der Waals surface area contributed by atoms with Gasteiger partial charge in [-0.05, 0) is 90.7 Å². The van der Waals surface area contributed by atoms with E-state index in [1.807, 2.05) is 36.4 Å². The highest BCUT2D eigenvalue weighted by atomic mass is 32.2. The second kappa shape index (κ2) is 19.9. The quantitative estimate of drug-likeness (QED) is 0.121. The van der Waals surface area contributed by atoms with Crippen molar-refractivity contribution in [3.63, 3.8) is 0 Å². The van der Waals surface area contributed by atoms with Crippen LogP contribution in [0.25, 0.3) is 0 Å². The van der Waals surface area contributed by atoms with E-state index in [4.69, 9.17) is 18.9 Å². The number of carbonyl (C=O) groups is 2. The minimum atomic E-state index is -4.16. The summed E-state index contributed by atoms with van der Waals surface area (Å²) in [5.74, 6) is 0.395. The smallest absolute Gasteiger partial charge is 0.271 e. The van der Waals surface area contributed by atoms with Crippen molar-refractivity contribution in [2.45, 2.75) is 87.8 Å². The second-order valence-electron chi connectivity index (χ2n) is 18.9. The van der Waals surface area contributed by atoms with Crippen molar-refractivity contribution in [3.05, 3.63) is 177 Å². The summed E-state index contributed by atoms with van der Waals surface area (Å²) in [4.78, 5) is 26.8. The monoisotopic (exact) mass is 958 g/mol. The van der Waals surface area contributed by atoms with Crippen LogP contribution in [0.15, 0.2) is 131 Å². The molecule has 356 valence electrons. The molecule has 0 unspecified atom stereocenters. The summed E-state index contributed by atoms with van der Waals surface area (Å²) in [6.45, 7) is 11.6. The number of hydrogen-bond donors (Lipinski definition) is 2. The summed E-state index contributed by atoms with van der Waals surface area (Å²) in [6.07, 6.45) is 1.21. The van der Waals surface area contributed by atoms with E-state index in [0.717, 1.165) is 55.6 Å². The van der Waals surface area contributed by atoms with Gasteiger partial charge in [-0.2, -0.15) is 0 Å². The first-order chi connectivity index (χ1) is 32.2. The van der Waals surface area contributed by atoms with Gasteiger partial charge in [0.05, 0.1) is 24.0 Å². The molecule has 6 aromatic carbocycles. The molecule has 12 nitrogen and oxygen atoms in total. The molecule has 0 spiro atoms. The van der Waals surface area contributed by atoms with Crippen molar-refractivity contribution in [2.75, 3.05) is 27.4 Å². The van der Waals surface area contributed by atoms with E-state index >= 15 is 0 Å². The zero-order chi connectivity index (χ0) is 49.0. The Bertz CT molecular complexity index is 2770. The van der Waals surface area contributed by atoms with E-state index in [1.54, 1.807) is 50.6 Å². The average Bonchev–Trinajstić information content (AvgIpc) is 3.28. The van der Waals surface area contributed by atoms with Gasteiger partial charge in [0.25, 0.3) is 31.9 Å². The molecule has 0 heterocycles. The molecule has 0 atom stereocenters. The van der Waals surface area contributed by atoms with Gasteiger partial charge in [-0.1, -0.05) is 139 Å². The van der Waals surface area contributed by atoms with Gasteiger partial charge >= 0.3 is 0 Å². The molecule has 7 rings (SSSR count). The zero-order valence-corrected chi connectivity index (χ0v) is 41.3. The van der Waals surface area contributed by atoms with Crippen LogP contribution in [0.2, 0.25) is 0 Å². The van der Waals surface area contributed by atoms with E-state index < -0.39 is 45.1 Å². The van der Waals surface area contributed by atoms with Crippen molar-refractivity contribution in [3.8, 4) is 23.0 Å². The van der Waals surface area contributed by atoms with Crippen molar-refractivity contribution >= 4 is 31.9 Å². The summed E-state index contributed by atoms with van der Waals surface area (Å²) < 4.78 is 82.4. The third kappa shape index (κ3) is 11.4. The fourth-order valence-corrected chi connectivity index (χ4v) is 10.4. The third-order valence-electron chi connectivity index (χ3n) is 11.8. The van der Waals surface area contributed by atoms with Crippen LogP contribution in [0, 0.1) is 0 Å². The standard InChI is InChI=1S/C54H58N2O10S2/c1-53(2,3)43-29-39-25-35-17-15-19-37(51(35)65-33-47(57)55-67(59,60)45-21-11-9-12-22-45)27-41-31-44(54(4,5)6)32-42(50(41)64-8)28-38-20-16-18-36(26-40(30-43)49(39)63-7)52(38)66-34-48(58)56-68(61,62)46-23-13-10-14-24-46/h9-24,29-32H,25-28,33-34H2,1-8H3,(H,55,57)(H,56,58). The Hall–Kier alpha value is -6.64. The Morgan fingerprint density at radius 2 is 0.735 bits per heavy atom. The molecule has 0 aliphatic heterocycles. The highest BCUT2D eigenvalue weighted by molar-refractivity contribution is 7.90. The molecule has 1 aliphatic carbocycles. The van der Waals surface area contributed by atoms with Crippen LogP contribution in [0.4, 0.5) is 0 Å². The van der Waals surface area contributed by atoms with E-state index in [9.17, 15) is 26.4 Å². The van der Waals surface area contributed by atoms with Crippen LogP contribution in [-0.4, -0.2) is 56.1 Å². The van der Waals surface area contributed by atoms with Crippen LogP contribution < -0.4 is 28.4 Å². The summed E-state index contributed by atoms with van der Waals surface area (Å²) in [7, 11) is -5.11. The van der Waals surface area contributed by atoms with Gasteiger partial charge in [0.1, 0.15) is 23.0 Å². The molecule has 0 radical (unpaired) electrons. The molecular weight excluding hydrogens is 901 g/mol. The largest absolute Gasteiger partial charge is 0.496 e. The van der Waals surface area contributed by atoms with E-state index in [1.165, 1.54) is 24.3 Å². The minimum Gasteiger partial charge on any atom is -0.496 e. The second-order valence-corrected chi connectivity index (χ2v) is 22.3. The van der Waals surface area contributed by atoms with Crippen molar-refractivity contribution in [1.82, 2.24) is 9.44 Å². The predicted molar refractivity (Wildman–Crippen MR) is 262 cm³/mol. The Morgan fingerprint density at radius 3 is 1.00 bits per heavy atom. The van der Waals surface area contributed by atoms with Gasteiger partial charge in [0, 0.05) is 25.7 Å². The number of ether oxygens (including phenoxy) is 4. The summed E-state index contributed by atoms with van der Waals surface area (Å²) in [6, 6.07) is 35.4. The first kappa shape index (κ1) is 49.3. The topological polar surface area (TPSA) is 163 Å². The highest BCUT2D eigenvalue weighted by Gasteiger charge is 2.28. The number of sulfonamides is 2. The van der Waals surface area contributed by atoms with E-state index in [0.29, 0.717) is 48.7 Å². The molecule has 1 aliphatic rings. The molecule has 2 amide bonds. The van der Waals surface area contributed by atoms with Gasteiger partial charge in [-0.25, -0.2) is 26.3 Å². The molecule has 2 N–H and O–H groups in total. The minimum absolute atomic E-state index is 0.0459. The molecule has 0 aromatic heterocycles. The lowest BCUT2D eigenvalue weighted by Crippen LogP contribution is -2.34. The maximum absolute atomic E-state index is 13.5. The molecule has 0 saturated heterocycles. The van der Waals surface area contributed by atoms with Crippen molar-refractivity contribution < 1.29 is 45.4 Å². The van der Waals surface area contributed by atoms with Crippen LogP contribution >= 0.6 is 0 Å². The van der Waals surface area contributed by atoms with Gasteiger partial charge in [0.2, 0.25) is 0 Å². The molecule has 68 heavy (non-hydrogen) atoms. The van der Waals surface area contributed by atoms with Crippen molar-refractivity contribution in [1.29, 1.82) is 0 Å². The number of benzene rings is 6. The van der Waals surface area contributed by atoms with E-state index in [-0.39, 0.29) is 20.6 Å². The lowest BCUT2D eigenvalue weighted by Gasteiger charge is -2.26. The highest BCUT2D eigenvalue weighted by Crippen LogP contribution is 2.42. The summed E-state index contributed by atoms with van der Waals surface area (Å²) in [5.41, 5.74) is 7.68. The molecule has 8 bridgehead atoms. The zero-order valence-electron chi connectivity index (χ0n) is 39.7. The van der Waals surface area contributed by atoms with Crippen molar-refractivity contribution in [2.24, 2.45) is 0 Å². The average molecular weight is 959 g/mol. The Balaban J connectivity index is 1.38. The number of para-hydroxylation sites is 2. The Labute approximate surface area is 400 Å². The number of methoxy groups -OCH3 is 2. The van der Waals surface area contributed by atoms with Crippen LogP contribution in [0.3, 0.4) is 0 Å². The van der Waals surface area contributed by atoms with Gasteiger partial charge in [0.15, 0.2) is 13.2 Å². The maximum atomic E-state index is 13.5. The molecule has 14 heteroatoms. The lowest BCUT2D eigenvalue weighted by molar-refractivity contribution is -0.122. The number of fused-ring (bicyclic) bond motifs is 8.